The van der Waals surface area contributed by atoms with E-state index in [-0.39, 0.29) is 11.9 Å². The van der Waals surface area contributed by atoms with Crippen LogP contribution in [0, 0.1) is 6.92 Å². The molecule has 1 aliphatic rings. The van der Waals surface area contributed by atoms with Crippen LogP contribution in [0.15, 0.2) is 42.5 Å². The Morgan fingerprint density at radius 2 is 2.12 bits per heavy atom. The topological polar surface area (TPSA) is 65.4 Å². The van der Waals surface area contributed by atoms with Crippen molar-refractivity contribution in [1.82, 2.24) is 14.9 Å². The molecule has 1 aromatic heterocycles. The molecule has 4 rings (SSSR count). The van der Waals surface area contributed by atoms with Crippen LogP contribution < -0.4 is 10.1 Å². The highest BCUT2D eigenvalue weighted by atomic mass is 16.5. The molecule has 0 bridgehead atoms. The van der Waals surface area contributed by atoms with Gasteiger partial charge in [0.2, 0.25) is 0 Å². The number of benzene rings is 2. The van der Waals surface area contributed by atoms with E-state index >= 15 is 0 Å². The van der Waals surface area contributed by atoms with E-state index in [2.05, 4.69) is 28.9 Å². The second kappa shape index (κ2) is 6.80. The predicted octanol–water partition coefficient (Wildman–Crippen LogP) is 2.85. The van der Waals surface area contributed by atoms with Crippen molar-refractivity contribution in [2.45, 2.75) is 19.6 Å². The fourth-order valence-corrected chi connectivity index (χ4v) is 3.38. The van der Waals surface area contributed by atoms with Crippen molar-refractivity contribution < 1.29 is 14.3 Å². The number of fused-ring (bicyclic) bond motifs is 3. The fraction of sp³-hybridized carbons (Fsp3) is 0.300. The summed E-state index contributed by atoms with van der Waals surface area (Å²) in [5, 5.41) is 3.01. The number of ether oxygens (including phenoxy) is 2. The van der Waals surface area contributed by atoms with E-state index in [0.717, 1.165) is 28.2 Å². The van der Waals surface area contributed by atoms with Gasteiger partial charge in [-0.15, -0.1) is 0 Å². The number of rotatable bonds is 4. The largest absolute Gasteiger partial charge is 0.497 e. The molecule has 1 unspecified atom stereocenters. The Labute approximate surface area is 151 Å². The maximum Gasteiger partial charge on any atom is 0.251 e. The third-order valence-electron chi connectivity index (χ3n) is 4.75. The van der Waals surface area contributed by atoms with Gasteiger partial charge in [0.15, 0.2) is 0 Å². The molecule has 0 saturated carbocycles. The number of amides is 1. The number of methoxy groups -OCH3 is 1. The monoisotopic (exact) mass is 351 g/mol. The van der Waals surface area contributed by atoms with E-state index in [9.17, 15) is 4.79 Å². The first-order valence-electron chi connectivity index (χ1n) is 8.64. The lowest BCUT2D eigenvalue weighted by molar-refractivity contribution is 0.0553. The van der Waals surface area contributed by atoms with Crippen LogP contribution in [0.1, 0.15) is 27.8 Å². The first kappa shape index (κ1) is 16.6. The van der Waals surface area contributed by atoms with Crippen molar-refractivity contribution in [3.8, 4) is 5.75 Å². The van der Waals surface area contributed by atoms with Gasteiger partial charge in [-0.1, -0.05) is 12.1 Å². The number of para-hydroxylation sites is 1. The maximum atomic E-state index is 12.4. The Balaban J connectivity index is 1.54. The molecule has 2 aromatic carbocycles. The summed E-state index contributed by atoms with van der Waals surface area (Å²) < 4.78 is 13.0. The number of imidazole rings is 1. The van der Waals surface area contributed by atoms with E-state index in [1.807, 2.05) is 6.07 Å². The minimum atomic E-state index is -0.111. The molecule has 26 heavy (non-hydrogen) atoms. The van der Waals surface area contributed by atoms with Crippen LogP contribution in [0.5, 0.6) is 5.75 Å². The van der Waals surface area contributed by atoms with Gasteiger partial charge in [0.1, 0.15) is 18.2 Å². The van der Waals surface area contributed by atoms with Crippen LogP contribution in [-0.2, 0) is 11.3 Å². The highest BCUT2D eigenvalue weighted by molar-refractivity contribution is 5.94. The third-order valence-corrected chi connectivity index (χ3v) is 4.75. The Kier molecular flexibility index (Phi) is 4.34. The lowest BCUT2D eigenvalue weighted by Crippen LogP contribution is -2.35. The Bertz CT molecular complexity index is 947. The molecule has 6 heteroatoms. The Morgan fingerprint density at radius 3 is 2.88 bits per heavy atom. The quantitative estimate of drug-likeness (QED) is 0.785. The number of nitrogens with zero attached hydrogens (tertiary/aromatic N) is 2. The van der Waals surface area contributed by atoms with Gasteiger partial charge in [-0.2, -0.15) is 0 Å². The Morgan fingerprint density at radius 1 is 1.31 bits per heavy atom. The SMILES string of the molecule is COc1ccc(C(=O)NCC2COCc3nc4c(C)cccc4n32)cc1. The van der Waals surface area contributed by atoms with E-state index in [1.54, 1.807) is 31.4 Å². The number of hydrogen-bond donors (Lipinski definition) is 1. The standard InChI is InChI=1S/C20H21N3O3/c1-13-4-3-5-17-19(13)22-18-12-26-11-15(23(17)18)10-21-20(24)14-6-8-16(25-2)9-7-14/h3-9,15H,10-12H2,1-2H3,(H,21,24). The molecular formula is C20H21N3O3. The van der Waals surface area contributed by atoms with Crippen molar-refractivity contribution in [1.29, 1.82) is 0 Å². The average molecular weight is 351 g/mol. The lowest BCUT2D eigenvalue weighted by atomic mass is 10.2. The number of hydrogen-bond acceptors (Lipinski definition) is 4. The van der Waals surface area contributed by atoms with Crippen LogP contribution >= 0.6 is 0 Å². The van der Waals surface area contributed by atoms with Gasteiger partial charge in [-0.3, -0.25) is 4.79 Å². The van der Waals surface area contributed by atoms with Crippen LogP contribution in [0.25, 0.3) is 11.0 Å². The molecule has 3 aromatic rings. The normalized spacial score (nSPS) is 16.3. The number of aromatic nitrogens is 2. The molecule has 1 N–H and O–H groups in total. The molecule has 0 radical (unpaired) electrons. The minimum absolute atomic E-state index is 0.0211. The molecule has 6 nitrogen and oxygen atoms in total. The van der Waals surface area contributed by atoms with Crippen molar-refractivity contribution >= 4 is 16.9 Å². The zero-order valence-corrected chi connectivity index (χ0v) is 14.9. The molecule has 0 saturated heterocycles. The van der Waals surface area contributed by atoms with Crippen molar-refractivity contribution in [3.05, 3.63) is 59.4 Å². The van der Waals surface area contributed by atoms with Crippen molar-refractivity contribution in [2.75, 3.05) is 20.3 Å². The highest BCUT2D eigenvalue weighted by Crippen LogP contribution is 2.27. The zero-order valence-electron chi connectivity index (χ0n) is 14.9. The van der Waals surface area contributed by atoms with Crippen LogP contribution in [-0.4, -0.2) is 35.7 Å². The van der Waals surface area contributed by atoms with Gasteiger partial charge in [0.05, 0.1) is 30.8 Å². The maximum absolute atomic E-state index is 12.4. The summed E-state index contributed by atoms with van der Waals surface area (Å²) in [4.78, 5) is 17.2. The summed E-state index contributed by atoms with van der Waals surface area (Å²) in [6.45, 7) is 3.59. The average Bonchev–Trinajstić information content (AvgIpc) is 3.07. The minimum Gasteiger partial charge on any atom is -0.497 e. The number of aryl methyl sites for hydroxylation is 1. The molecule has 2 heterocycles. The second-order valence-electron chi connectivity index (χ2n) is 6.45. The van der Waals surface area contributed by atoms with E-state index < -0.39 is 0 Å². The fourth-order valence-electron chi connectivity index (χ4n) is 3.38. The van der Waals surface area contributed by atoms with Gasteiger partial charge in [0, 0.05) is 12.1 Å². The number of nitrogens with one attached hydrogen (secondary N) is 1. The van der Waals surface area contributed by atoms with Gasteiger partial charge >= 0.3 is 0 Å². The molecule has 1 atom stereocenters. The van der Waals surface area contributed by atoms with Crippen LogP contribution in [0.3, 0.4) is 0 Å². The van der Waals surface area contributed by atoms with E-state index in [4.69, 9.17) is 14.5 Å². The highest BCUT2D eigenvalue weighted by Gasteiger charge is 2.25. The summed E-state index contributed by atoms with van der Waals surface area (Å²) in [5.74, 6) is 1.52. The molecule has 0 fully saturated rings. The zero-order chi connectivity index (χ0) is 18.1. The summed E-state index contributed by atoms with van der Waals surface area (Å²) in [6.07, 6.45) is 0. The summed E-state index contributed by atoms with van der Waals surface area (Å²) in [7, 11) is 1.60. The smallest absolute Gasteiger partial charge is 0.251 e. The van der Waals surface area contributed by atoms with Gasteiger partial charge < -0.3 is 19.4 Å². The summed E-state index contributed by atoms with van der Waals surface area (Å²) in [5.41, 5.74) is 3.84. The van der Waals surface area contributed by atoms with Gasteiger partial charge in [-0.25, -0.2) is 4.98 Å². The van der Waals surface area contributed by atoms with Gasteiger partial charge in [0.25, 0.3) is 5.91 Å². The summed E-state index contributed by atoms with van der Waals surface area (Å²) in [6, 6.07) is 13.3. The molecule has 0 spiro atoms. The molecule has 0 aliphatic carbocycles. The lowest BCUT2D eigenvalue weighted by Gasteiger charge is -2.26. The third kappa shape index (κ3) is 2.93. The first-order valence-corrected chi connectivity index (χ1v) is 8.64. The molecule has 1 amide bonds. The van der Waals surface area contributed by atoms with Crippen LogP contribution in [0.2, 0.25) is 0 Å². The van der Waals surface area contributed by atoms with Crippen molar-refractivity contribution in [3.63, 3.8) is 0 Å². The van der Waals surface area contributed by atoms with E-state index in [1.165, 1.54) is 0 Å². The van der Waals surface area contributed by atoms with Crippen LogP contribution in [0.4, 0.5) is 0 Å². The molecule has 1 aliphatic heterocycles. The summed E-state index contributed by atoms with van der Waals surface area (Å²) >= 11 is 0. The molecular weight excluding hydrogens is 330 g/mol. The second-order valence-corrected chi connectivity index (χ2v) is 6.45. The number of carbonyl (C=O) groups excluding carboxylic acids is 1. The van der Waals surface area contributed by atoms with E-state index in [0.29, 0.717) is 25.3 Å². The molecule has 134 valence electrons. The van der Waals surface area contributed by atoms with Gasteiger partial charge in [-0.05, 0) is 42.8 Å². The first-order chi connectivity index (χ1) is 12.7. The predicted molar refractivity (Wildman–Crippen MR) is 98.5 cm³/mol. The number of carbonyl (C=O) groups is 1. The van der Waals surface area contributed by atoms with Crippen molar-refractivity contribution in [2.24, 2.45) is 0 Å². The Hall–Kier alpha value is -2.86.